The maximum atomic E-state index is 5.31. The highest BCUT2D eigenvalue weighted by Gasteiger charge is 2.23. The summed E-state index contributed by atoms with van der Waals surface area (Å²) in [7, 11) is 0. The summed E-state index contributed by atoms with van der Waals surface area (Å²) >= 11 is 31.9. The lowest BCUT2D eigenvalue weighted by Crippen LogP contribution is -2.18. The minimum atomic E-state index is -1.53. The molecule has 0 saturated carbocycles. The third kappa shape index (κ3) is 11.7. The lowest BCUT2D eigenvalue weighted by Gasteiger charge is -2.13. The van der Waals surface area contributed by atoms with Crippen molar-refractivity contribution in [1.29, 1.82) is 0 Å². The molecular weight excluding hydrogens is 293 g/mol. The van der Waals surface area contributed by atoms with Crippen LogP contribution < -0.4 is 0 Å². The summed E-state index contributed by atoms with van der Waals surface area (Å²) in [5.74, 6) is 0. The topological polar surface area (TPSA) is 18.5 Å². The predicted octanol–water partition coefficient (Wildman–Crippen LogP) is 3.68. The zero-order valence-electron chi connectivity index (χ0n) is 5.50. The van der Waals surface area contributed by atoms with E-state index in [4.69, 9.17) is 69.6 Å². The average molecular weight is 297 g/mol. The molecule has 8 heteroatoms. The third-order valence-corrected chi connectivity index (χ3v) is 1.18. The smallest absolute Gasteiger partial charge is 0.216 e. The second kappa shape index (κ2) is 5.52. The highest BCUT2D eigenvalue weighted by Crippen LogP contribution is 2.28. The first-order valence-electron chi connectivity index (χ1n) is 2.59. The van der Waals surface area contributed by atoms with Crippen molar-refractivity contribution >= 4 is 69.6 Å². The van der Waals surface area contributed by atoms with Crippen molar-refractivity contribution in [2.24, 2.45) is 0 Å². The van der Waals surface area contributed by atoms with Crippen LogP contribution in [-0.4, -0.2) is 20.8 Å². The Labute approximate surface area is 99.8 Å². The first kappa shape index (κ1) is 13.7. The van der Waals surface area contributed by atoms with Gasteiger partial charge in [-0.2, -0.15) is 0 Å². The Morgan fingerprint density at radius 1 is 0.667 bits per heavy atom. The highest BCUT2D eigenvalue weighted by atomic mass is 35.6. The molecule has 0 aliphatic carbocycles. The number of hydrogen-bond donors (Lipinski definition) is 0. The molecule has 0 aliphatic rings. The number of rotatable bonds is 3. The number of halogens is 6. The molecule has 74 valence electrons. The van der Waals surface area contributed by atoms with E-state index in [2.05, 4.69) is 9.78 Å². The van der Waals surface area contributed by atoms with Crippen LogP contribution in [0, 0.1) is 0 Å². The summed E-state index contributed by atoms with van der Waals surface area (Å²) in [6.07, 6.45) is 0. The average Bonchev–Trinajstić information content (AvgIpc) is 1.76. The summed E-state index contributed by atoms with van der Waals surface area (Å²) in [5.41, 5.74) is 0. The maximum Gasteiger partial charge on any atom is 0.216 e. The van der Waals surface area contributed by atoms with E-state index >= 15 is 0 Å². The van der Waals surface area contributed by atoms with Crippen molar-refractivity contribution < 1.29 is 9.78 Å². The van der Waals surface area contributed by atoms with Crippen LogP contribution in [0.3, 0.4) is 0 Å². The van der Waals surface area contributed by atoms with Gasteiger partial charge in [-0.25, -0.2) is 9.78 Å². The normalized spacial score (nSPS) is 13.5. The molecule has 0 unspecified atom stereocenters. The van der Waals surface area contributed by atoms with Crippen molar-refractivity contribution in [3.8, 4) is 0 Å². The molecule has 0 saturated heterocycles. The molecule has 0 radical (unpaired) electrons. The molecule has 0 aliphatic heterocycles. The zero-order valence-corrected chi connectivity index (χ0v) is 10.0. The summed E-state index contributed by atoms with van der Waals surface area (Å²) in [4.78, 5) is 8.85. The van der Waals surface area contributed by atoms with Crippen LogP contribution in [-0.2, 0) is 9.78 Å². The molecule has 0 aromatic carbocycles. The fraction of sp³-hybridized carbons (Fsp3) is 1.00. The van der Waals surface area contributed by atoms with Crippen molar-refractivity contribution in [1.82, 2.24) is 0 Å². The fourth-order valence-electron chi connectivity index (χ4n) is 0.217. The van der Waals surface area contributed by atoms with Crippen LogP contribution in [0.2, 0.25) is 0 Å². The van der Waals surface area contributed by atoms with E-state index in [1.807, 2.05) is 0 Å². The van der Waals surface area contributed by atoms with Crippen LogP contribution in [0.25, 0.3) is 0 Å². The molecule has 0 amide bonds. The van der Waals surface area contributed by atoms with Crippen LogP contribution in [0.1, 0.15) is 0 Å². The van der Waals surface area contributed by atoms with Crippen LogP contribution >= 0.6 is 69.6 Å². The predicted molar refractivity (Wildman–Crippen MR) is 52.5 cm³/mol. The fourth-order valence-corrected chi connectivity index (χ4v) is 0.484. The van der Waals surface area contributed by atoms with Gasteiger partial charge in [-0.3, -0.25) is 0 Å². The minimum absolute atomic E-state index is 0.238. The Bertz CT molecular complexity index is 110. The molecule has 0 aromatic rings. The molecule has 2 nitrogen and oxygen atoms in total. The van der Waals surface area contributed by atoms with Gasteiger partial charge in [-0.1, -0.05) is 69.6 Å². The molecule has 0 spiro atoms. The van der Waals surface area contributed by atoms with Crippen molar-refractivity contribution in [2.75, 3.05) is 13.2 Å². The Morgan fingerprint density at radius 3 is 1.08 bits per heavy atom. The van der Waals surface area contributed by atoms with Gasteiger partial charge in [0.25, 0.3) is 0 Å². The number of alkyl halides is 6. The van der Waals surface area contributed by atoms with Gasteiger partial charge in [0.1, 0.15) is 13.2 Å². The van der Waals surface area contributed by atoms with Gasteiger partial charge in [0.05, 0.1) is 0 Å². The summed E-state index contributed by atoms with van der Waals surface area (Å²) < 4.78 is -3.07. The van der Waals surface area contributed by atoms with E-state index in [9.17, 15) is 0 Å². The van der Waals surface area contributed by atoms with Crippen molar-refractivity contribution in [3.63, 3.8) is 0 Å². The molecule has 0 bridgehead atoms. The van der Waals surface area contributed by atoms with Crippen LogP contribution in [0.15, 0.2) is 0 Å². The number of hydrogen-bond acceptors (Lipinski definition) is 2. The van der Waals surface area contributed by atoms with Crippen LogP contribution in [0.5, 0.6) is 0 Å². The standard InChI is InChI=1S/C4H4Cl6O2/c5-3(6,7)1-11-12-2-4(8,9)10/h1-2H2. The minimum Gasteiger partial charge on any atom is -0.232 e. The maximum absolute atomic E-state index is 5.31. The monoisotopic (exact) mass is 294 g/mol. The summed E-state index contributed by atoms with van der Waals surface area (Å²) in [5, 5.41) is 0. The van der Waals surface area contributed by atoms with Crippen molar-refractivity contribution in [3.05, 3.63) is 0 Å². The van der Waals surface area contributed by atoms with E-state index in [-0.39, 0.29) is 13.2 Å². The zero-order chi connectivity index (χ0) is 9.83. The Kier molecular flexibility index (Phi) is 6.28. The van der Waals surface area contributed by atoms with E-state index in [0.717, 1.165) is 0 Å². The van der Waals surface area contributed by atoms with Crippen molar-refractivity contribution in [2.45, 2.75) is 7.59 Å². The van der Waals surface area contributed by atoms with E-state index in [0.29, 0.717) is 0 Å². The van der Waals surface area contributed by atoms with Gasteiger partial charge in [0, 0.05) is 0 Å². The quantitative estimate of drug-likeness (QED) is 0.342. The molecule has 0 heterocycles. The Hall–Kier alpha value is 1.66. The molecule has 0 fully saturated rings. The van der Waals surface area contributed by atoms with Gasteiger partial charge < -0.3 is 0 Å². The first-order chi connectivity index (χ1) is 5.21. The second-order valence-electron chi connectivity index (χ2n) is 1.75. The molecule has 12 heavy (non-hydrogen) atoms. The highest BCUT2D eigenvalue weighted by molar-refractivity contribution is 6.68. The van der Waals surface area contributed by atoms with E-state index in [1.165, 1.54) is 0 Å². The Morgan fingerprint density at radius 2 is 0.917 bits per heavy atom. The molecule has 0 aromatic heterocycles. The van der Waals surface area contributed by atoms with Gasteiger partial charge in [-0.15, -0.1) is 0 Å². The molecule has 0 N–H and O–H groups in total. The Balaban J connectivity index is 3.35. The molecule has 0 rings (SSSR count). The summed E-state index contributed by atoms with van der Waals surface area (Å²) in [6, 6.07) is 0. The van der Waals surface area contributed by atoms with Gasteiger partial charge >= 0.3 is 0 Å². The SMILES string of the molecule is ClC(Cl)(Cl)COOCC(Cl)(Cl)Cl. The summed E-state index contributed by atoms with van der Waals surface area (Å²) in [6.45, 7) is -0.475. The van der Waals surface area contributed by atoms with Crippen LogP contribution in [0.4, 0.5) is 0 Å². The van der Waals surface area contributed by atoms with Gasteiger partial charge in [0.2, 0.25) is 7.59 Å². The molecule has 0 atom stereocenters. The van der Waals surface area contributed by atoms with E-state index < -0.39 is 7.59 Å². The second-order valence-corrected chi connectivity index (χ2v) is 6.79. The largest absolute Gasteiger partial charge is 0.232 e. The lowest BCUT2D eigenvalue weighted by molar-refractivity contribution is -0.292. The van der Waals surface area contributed by atoms with Gasteiger partial charge in [0.15, 0.2) is 0 Å². The third-order valence-electron chi connectivity index (χ3n) is 0.529. The van der Waals surface area contributed by atoms with Gasteiger partial charge in [-0.05, 0) is 0 Å². The molecular formula is C4H4Cl6O2. The first-order valence-corrected chi connectivity index (χ1v) is 4.85. The van der Waals surface area contributed by atoms with E-state index in [1.54, 1.807) is 0 Å². The lowest BCUT2D eigenvalue weighted by atomic mass is 10.8.